The zero-order chi connectivity index (χ0) is 26.2. The highest BCUT2D eigenvalue weighted by atomic mass is 16.6. The molecule has 4 aliphatic rings. The van der Waals surface area contributed by atoms with Gasteiger partial charge in [-0.1, -0.05) is 30.3 Å². The molecule has 1 saturated carbocycles. The van der Waals surface area contributed by atoms with E-state index in [1.165, 1.54) is 0 Å². The molecule has 3 aliphatic heterocycles. The average molecular weight is 521 g/mol. The van der Waals surface area contributed by atoms with Crippen molar-refractivity contribution in [2.24, 2.45) is 5.92 Å². The summed E-state index contributed by atoms with van der Waals surface area (Å²) < 4.78 is 6.04. The topological polar surface area (TPSA) is 125 Å². The van der Waals surface area contributed by atoms with E-state index in [0.717, 1.165) is 69.7 Å². The maximum absolute atomic E-state index is 13.2. The maximum atomic E-state index is 13.2. The number of nitrogens with two attached hydrogens (primary N) is 1. The molecule has 1 amide bonds. The van der Waals surface area contributed by atoms with Gasteiger partial charge in [0, 0.05) is 30.7 Å². The number of hydrogen-bond acceptors (Lipinski definition) is 8. The largest absolute Gasteiger partial charge is 0.481 e. The Morgan fingerprint density at radius 1 is 0.974 bits per heavy atom. The Morgan fingerprint density at radius 2 is 1.68 bits per heavy atom. The zero-order valence-electron chi connectivity index (χ0n) is 21.6. The normalized spacial score (nSPS) is 27.3. The third-order valence-corrected chi connectivity index (χ3v) is 8.90. The summed E-state index contributed by atoms with van der Waals surface area (Å²) in [5, 5.41) is 9.36. The van der Waals surface area contributed by atoms with E-state index < -0.39 is 5.97 Å². The first-order valence-corrected chi connectivity index (χ1v) is 13.9. The average Bonchev–Trinajstić information content (AvgIpc) is 3.30. The number of fused-ring (bicyclic) bond motifs is 1. The second-order valence-electron chi connectivity index (χ2n) is 11.0. The lowest BCUT2D eigenvalue weighted by Crippen LogP contribution is -2.56. The van der Waals surface area contributed by atoms with E-state index in [1.807, 2.05) is 35.2 Å². The van der Waals surface area contributed by atoms with Crippen LogP contribution in [0.5, 0.6) is 0 Å². The molecule has 1 aromatic heterocycles. The van der Waals surface area contributed by atoms with Crippen LogP contribution in [0.25, 0.3) is 11.4 Å². The molecular formula is C28H36N6O4. The minimum absolute atomic E-state index is 0.0869. The molecule has 3 unspecified atom stereocenters. The molecule has 3 saturated heterocycles. The fraction of sp³-hybridized carbons (Fsp3) is 0.571. The smallest absolute Gasteiger partial charge is 0.410 e. The number of hydrogen-bond donors (Lipinski definition) is 2. The molecule has 4 fully saturated rings. The van der Waals surface area contributed by atoms with Crippen molar-refractivity contribution in [3.8, 4) is 11.4 Å². The van der Waals surface area contributed by atoms with Gasteiger partial charge in [0.1, 0.15) is 6.10 Å². The molecule has 0 bridgehead atoms. The predicted octanol–water partition coefficient (Wildman–Crippen LogP) is 3.23. The van der Waals surface area contributed by atoms with Crippen LogP contribution in [0.4, 0.5) is 16.3 Å². The summed E-state index contributed by atoms with van der Waals surface area (Å²) in [6.07, 6.45) is 7.34. The minimum atomic E-state index is -0.698. The number of nitrogen functional groups attached to an aromatic ring is 1. The van der Waals surface area contributed by atoms with Gasteiger partial charge in [0.25, 0.3) is 0 Å². The predicted molar refractivity (Wildman–Crippen MR) is 143 cm³/mol. The molecule has 0 radical (unpaired) electrons. The SMILES string of the molecule is Nc1cnc(-c2ccccc2)nc1N1CCC(N2C(=O)OC3C(N4CCC(C(=O)O)CC4)CCCC32)CC1. The Morgan fingerprint density at radius 3 is 2.39 bits per heavy atom. The standard InChI is InChI=1S/C28H36N6O4/c29-21-17-30-25(18-5-2-1-3-6-18)31-26(21)33-15-11-20(12-16-33)34-23-8-4-7-22(24(23)38-28(34)37)32-13-9-19(10-14-32)27(35)36/h1-3,5-6,17,19-20,22-24H,4,7-16,29H2,(H,35,36). The van der Waals surface area contributed by atoms with Crippen molar-refractivity contribution in [2.75, 3.05) is 36.8 Å². The Hall–Kier alpha value is -3.40. The molecule has 6 rings (SSSR count). The Balaban J connectivity index is 1.11. The minimum Gasteiger partial charge on any atom is -0.481 e. The van der Waals surface area contributed by atoms with Gasteiger partial charge < -0.3 is 20.5 Å². The number of rotatable bonds is 5. The van der Waals surface area contributed by atoms with Crippen molar-refractivity contribution >= 4 is 23.6 Å². The molecule has 2 aromatic rings. The third kappa shape index (κ3) is 4.66. The van der Waals surface area contributed by atoms with Crippen LogP contribution in [0.3, 0.4) is 0 Å². The molecule has 3 atom stereocenters. The number of carboxylic acids is 1. The summed E-state index contributed by atoms with van der Waals surface area (Å²) in [5.41, 5.74) is 7.80. The fourth-order valence-corrected chi connectivity index (χ4v) is 6.89. The lowest BCUT2D eigenvalue weighted by molar-refractivity contribution is -0.143. The summed E-state index contributed by atoms with van der Waals surface area (Å²) in [6, 6.07) is 10.3. The van der Waals surface area contributed by atoms with Gasteiger partial charge in [0.2, 0.25) is 0 Å². The van der Waals surface area contributed by atoms with Crippen molar-refractivity contribution in [3.63, 3.8) is 0 Å². The Kier molecular flexibility index (Phi) is 6.82. The number of carbonyl (C=O) groups is 2. The number of aromatic nitrogens is 2. The van der Waals surface area contributed by atoms with Gasteiger partial charge >= 0.3 is 12.1 Å². The fourth-order valence-electron chi connectivity index (χ4n) is 6.89. The number of benzene rings is 1. The second-order valence-corrected chi connectivity index (χ2v) is 11.0. The van der Waals surface area contributed by atoms with Gasteiger partial charge in [-0.15, -0.1) is 0 Å². The van der Waals surface area contributed by atoms with E-state index in [-0.39, 0.29) is 36.2 Å². The highest BCUT2D eigenvalue weighted by Crippen LogP contribution is 2.39. The quantitative estimate of drug-likeness (QED) is 0.611. The monoisotopic (exact) mass is 520 g/mol. The van der Waals surface area contributed by atoms with E-state index in [4.69, 9.17) is 15.5 Å². The van der Waals surface area contributed by atoms with Crippen molar-refractivity contribution in [2.45, 2.75) is 69.2 Å². The summed E-state index contributed by atoms with van der Waals surface area (Å²) in [7, 11) is 0. The van der Waals surface area contributed by atoms with Crippen molar-refractivity contribution in [3.05, 3.63) is 36.5 Å². The van der Waals surface area contributed by atoms with E-state index in [2.05, 4.69) is 14.8 Å². The number of carbonyl (C=O) groups excluding carboxylic acids is 1. The van der Waals surface area contributed by atoms with Crippen LogP contribution in [0.15, 0.2) is 36.5 Å². The van der Waals surface area contributed by atoms with Gasteiger partial charge in [0.05, 0.1) is 23.8 Å². The highest BCUT2D eigenvalue weighted by molar-refractivity contribution is 5.72. The van der Waals surface area contributed by atoms with Gasteiger partial charge in [-0.25, -0.2) is 14.8 Å². The van der Waals surface area contributed by atoms with Crippen LogP contribution in [0.1, 0.15) is 44.9 Å². The molecular weight excluding hydrogens is 484 g/mol. The van der Waals surface area contributed by atoms with Crippen molar-refractivity contribution in [1.82, 2.24) is 19.8 Å². The van der Waals surface area contributed by atoms with Crippen LogP contribution >= 0.6 is 0 Å². The van der Waals surface area contributed by atoms with Gasteiger partial charge in [-0.3, -0.25) is 14.6 Å². The number of anilines is 2. The van der Waals surface area contributed by atoms with E-state index in [1.54, 1.807) is 6.20 Å². The van der Waals surface area contributed by atoms with Crippen LogP contribution in [-0.2, 0) is 9.53 Å². The zero-order valence-corrected chi connectivity index (χ0v) is 21.6. The first-order chi connectivity index (χ1) is 18.5. The molecule has 4 heterocycles. The van der Waals surface area contributed by atoms with E-state index in [9.17, 15) is 14.7 Å². The maximum Gasteiger partial charge on any atom is 0.410 e. The molecule has 1 aromatic carbocycles. The summed E-state index contributed by atoms with van der Waals surface area (Å²) in [6.45, 7) is 3.03. The first-order valence-electron chi connectivity index (χ1n) is 13.9. The van der Waals surface area contributed by atoms with Crippen LogP contribution in [-0.4, -0.2) is 87.3 Å². The number of likely N-dealkylation sites (tertiary alicyclic amines) is 1. The Labute approximate surface area is 222 Å². The number of nitrogens with zero attached hydrogens (tertiary/aromatic N) is 5. The molecule has 38 heavy (non-hydrogen) atoms. The number of carboxylic acid groups (broad SMARTS) is 1. The van der Waals surface area contributed by atoms with E-state index in [0.29, 0.717) is 24.4 Å². The third-order valence-electron chi connectivity index (χ3n) is 8.90. The number of piperidine rings is 2. The van der Waals surface area contributed by atoms with Gasteiger partial charge in [-0.2, -0.15) is 0 Å². The number of aliphatic carboxylic acids is 1. The molecule has 3 N–H and O–H groups in total. The highest BCUT2D eigenvalue weighted by Gasteiger charge is 2.51. The molecule has 202 valence electrons. The van der Waals surface area contributed by atoms with Crippen molar-refractivity contribution in [1.29, 1.82) is 0 Å². The summed E-state index contributed by atoms with van der Waals surface area (Å²) in [5.74, 6) is 0.451. The van der Waals surface area contributed by atoms with Crippen LogP contribution in [0, 0.1) is 5.92 Å². The first kappa shape index (κ1) is 24.9. The molecule has 10 nitrogen and oxygen atoms in total. The van der Waals surface area contributed by atoms with Crippen LogP contribution < -0.4 is 10.6 Å². The number of amides is 1. The van der Waals surface area contributed by atoms with Gasteiger partial charge in [0.15, 0.2) is 11.6 Å². The number of ether oxygens (including phenoxy) is 1. The summed E-state index contributed by atoms with van der Waals surface area (Å²) >= 11 is 0. The van der Waals surface area contributed by atoms with Crippen LogP contribution in [0.2, 0.25) is 0 Å². The van der Waals surface area contributed by atoms with Gasteiger partial charge in [-0.05, 0) is 58.0 Å². The molecule has 0 spiro atoms. The molecule has 10 heteroatoms. The van der Waals surface area contributed by atoms with E-state index >= 15 is 0 Å². The lowest BCUT2D eigenvalue weighted by Gasteiger charge is -2.44. The lowest BCUT2D eigenvalue weighted by atomic mass is 9.84. The second kappa shape index (κ2) is 10.4. The Bertz CT molecular complexity index is 1160. The molecule has 1 aliphatic carbocycles. The summed E-state index contributed by atoms with van der Waals surface area (Å²) in [4.78, 5) is 40.4. The van der Waals surface area contributed by atoms with Crippen molar-refractivity contribution < 1.29 is 19.4 Å².